The molecule has 0 unspecified atom stereocenters. The lowest BCUT2D eigenvalue weighted by Gasteiger charge is -2.06. The number of rotatable bonds is 7. The summed E-state index contributed by atoms with van der Waals surface area (Å²) < 4.78 is 9.77. The third kappa shape index (κ3) is 4.52. The molecule has 1 aromatic rings. The van der Waals surface area contributed by atoms with Gasteiger partial charge in [-0.25, -0.2) is 4.79 Å². The van der Waals surface area contributed by atoms with E-state index in [-0.39, 0.29) is 37.6 Å². The Balaban J connectivity index is 2.39. The minimum atomic E-state index is -1.30. The predicted molar refractivity (Wildman–Crippen MR) is 59.0 cm³/mol. The molecule has 0 amide bonds. The van der Waals surface area contributed by atoms with Gasteiger partial charge in [0.1, 0.15) is 6.61 Å². The summed E-state index contributed by atoms with van der Waals surface area (Å²) in [5.74, 6) is -1.86. The molecule has 0 bridgehead atoms. The Hall–Kier alpha value is -1.92. The Bertz CT molecular complexity index is 398. The monoisotopic (exact) mass is 253 g/mol. The average molecular weight is 253 g/mol. The first-order valence-corrected chi connectivity index (χ1v) is 5.32. The van der Waals surface area contributed by atoms with Crippen LogP contribution in [0.3, 0.4) is 0 Å². The molecule has 0 radical (unpaired) electrons. The summed E-state index contributed by atoms with van der Waals surface area (Å²) in [5, 5.41) is 18.9. The SMILES string of the molecule is O=C([O-])c1ccc(C(=O)OCCOCCO)cc1. The first kappa shape index (κ1) is 14.1. The standard InChI is InChI=1S/C12H14O6/c13-5-6-17-7-8-18-12(16)10-3-1-9(2-4-10)11(14)15/h1-4,13H,5-8H2,(H,14,15)/p-1. The Morgan fingerprint density at radius 3 is 2.22 bits per heavy atom. The molecule has 6 nitrogen and oxygen atoms in total. The van der Waals surface area contributed by atoms with E-state index in [4.69, 9.17) is 14.6 Å². The maximum absolute atomic E-state index is 11.5. The van der Waals surface area contributed by atoms with Crippen molar-refractivity contribution in [2.45, 2.75) is 0 Å². The minimum absolute atomic E-state index is 0.00201. The zero-order valence-corrected chi connectivity index (χ0v) is 9.63. The van der Waals surface area contributed by atoms with Crippen molar-refractivity contribution in [1.82, 2.24) is 0 Å². The second-order valence-electron chi connectivity index (χ2n) is 3.34. The van der Waals surface area contributed by atoms with Gasteiger partial charge in [-0.3, -0.25) is 0 Å². The Morgan fingerprint density at radius 2 is 1.67 bits per heavy atom. The van der Waals surface area contributed by atoms with Gasteiger partial charge >= 0.3 is 5.97 Å². The minimum Gasteiger partial charge on any atom is -0.545 e. The molecular formula is C12H13O6-. The first-order valence-electron chi connectivity index (χ1n) is 5.32. The van der Waals surface area contributed by atoms with Crippen LogP contribution in [0.5, 0.6) is 0 Å². The van der Waals surface area contributed by atoms with E-state index >= 15 is 0 Å². The van der Waals surface area contributed by atoms with E-state index in [0.29, 0.717) is 0 Å². The van der Waals surface area contributed by atoms with Gasteiger partial charge in [-0.15, -0.1) is 0 Å². The molecule has 0 saturated heterocycles. The van der Waals surface area contributed by atoms with Crippen LogP contribution in [0.4, 0.5) is 0 Å². The zero-order chi connectivity index (χ0) is 13.4. The van der Waals surface area contributed by atoms with Crippen LogP contribution in [0.2, 0.25) is 0 Å². The molecule has 1 rings (SSSR count). The maximum atomic E-state index is 11.5. The largest absolute Gasteiger partial charge is 0.545 e. The number of carboxylic acid groups (broad SMARTS) is 1. The number of aliphatic hydroxyl groups is 1. The molecule has 0 aliphatic heterocycles. The van der Waals surface area contributed by atoms with E-state index in [9.17, 15) is 14.7 Å². The molecule has 0 aliphatic carbocycles. The number of carbonyl (C=O) groups is 2. The molecule has 0 fully saturated rings. The van der Waals surface area contributed by atoms with Crippen molar-refractivity contribution in [2.75, 3.05) is 26.4 Å². The first-order chi connectivity index (χ1) is 8.65. The molecule has 18 heavy (non-hydrogen) atoms. The highest BCUT2D eigenvalue weighted by Crippen LogP contribution is 2.05. The van der Waals surface area contributed by atoms with E-state index in [0.717, 1.165) is 0 Å². The highest BCUT2D eigenvalue weighted by molar-refractivity contribution is 5.91. The van der Waals surface area contributed by atoms with E-state index < -0.39 is 11.9 Å². The molecule has 6 heteroatoms. The average Bonchev–Trinajstić information content (AvgIpc) is 2.38. The van der Waals surface area contributed by atoms with Crippen LogP contribution in [0, 0.1) is 0 Å². The quantitative estimate of drug-likeness (QED) is 0.505. The normalized spacial score (nSPS) is 10.1. The van der Waals surface area contributed by atoms with Crippen LogP contribution < -0.4 is 5.11 Å². The third-order valence-electron chi connectivity index (χ3n) is 2.05. The number of ether oxygens (including phenoxy) is 2. The van der Waals surface area contributed by atoms with Crippen molar-refractivity contribution in [3.05, 3.63) is 35.4 Å². The Morgan fingerprint density at radius 1 is 1.06 bits per heavy atom. The van der Waals surface area contributed by atoms with E-state index in [1.807, 2.05) is 0 Å². The maximum Gasteiger partial charge on any atom is 0.338 e. The summed E-state index contributed by atoms with van der Waals surface area (Å²) in [6, 6.07) is 5.24. The summed E-state index contributed by atoms with van der Waals surface area (Å²) in [5.41, 5.74) is 0.250. The summed E-state index contributed by atoms with van der Waals surface area (Å²) >= 11 is 0. The fourth-order valence-corrected chi connectivity index (χ4v) is 1.19. The molecule has 0 saturated carbocycles. The molecule has 0 heterocycles. The molecule has 0 atom stereocenters. The Kier molecular flexibility index (Phi) is 5.83. The van der Waals surface area contributed by atoms with Gasteiger partial charge in [0, 0.05) is 0 Å². The fourth-order valence-electron chi connectivity index (χ4n) is 1.19. The number of carboxylic acids is 1. The molecule has 1 aromatic carbocycles. The van der Waals surface area contributed by atoms with Crippen molar-refractivity contribution in [3.63, 3.8) is 0 Å². The van der Waals surface area contributed by atoms with Crippen molar-refractivity contribution in [1.29, 1.82) is 0 Å². The predicted octanol–water partition coefficient (Wildman–Crippen LogP) is -0.784. The lowest BCUT2D eigenvalue weighted by atomic mass is 10.1. The van der Waals surface area contributed by atoms with Gasteiger partial charge in [0.25, 0.3) is 0 Å². The summed E-state index contributed by atoms with van der Waals surface area (Å²) in [4.78, 5) is 22.0. The van der Waals surface area contributed by atoms with Crippen molar-refractivity contribution >= 4 is 11.9 Å². The van der Waals surface area contributed by atoms with Gasteiger partial charge in [-0.05, 0) is 17.7 Å². The highest BCUT2D eigenvalue weighted by Gasteiger charge is 2.06. The number of esters is 1. The van der Waals surface area contributed by atoms with Gasteiger partial charge in [-0.2, -0.15) is 0 Å². The van der Waals surface area contributed by atoms with E-state index in [1.54, 1.807) is 0 Å². The van der Waals surface area contributed by atoms with Gasteiger partial charge in [-0.1, -0.05) is 12.1 Å². The van der Waals surface area contributed by atoms with E-state index in [1.165, 1.54) is 24.3 Å². The molecule has 0 aromatic heterocycles. The molecule has 1 N–H and O–H groups in total. The molecule has 98 valence electrons. The summed E-state index contributed by atoms with van der Waals surface area (Å²) in [6.07, 6.45) is 0. The number of aliphatic hydroxyl groups excluding tert-OH is 1. The topological polar surface area (TPSA) is 95.9 Å². The second-order valence-corrected chi connectivity index (χ2v) is 3.34. The smallest absolute Gasteiger partial charge is 0.338 e. The van der Waals surface area contributed by atoms with Crippen LogP contribution in [-0.2, 0) is 9.47 Å². The molecule has 0 aliphatic rings. The Labute approximate surface area is 104 Å². The second kappa shape index (κ2) is 7.41. The molecule has 0 spiro atoms. The lowest BCUT2D eigenvalue weighted by molar-refractivity contribution is -0.255. The third-order valence-corrected chi connectivity index (χ3v) is 2.05. The zero-order valence-electron chi connectivity index (χ0n) is 9.63. The number of aromatic carboxylic acids is 1. The number of carbonyl (C=O) groups excluding carboxylic acids is 2. The number of hydrogen-bond donors (Lipinski definition) is 1. The van der Waals surface area contributed by atoms with Gasteiger partial charge in [0.05, 0.1) is 31.4 Å². The molecular weight excluding hydrogens is 240 g/mol. The van der Waals surface area contributed by atoms with Gasteiger partial charge < -0.3 is 24.5 Å². The van der Waals surface area contributed by atoms with Crippen LogP contribution in [0.1, 0.15) is 20.7 Å². The fraction of sp³-hybridized carbons (Fsp3) is 0.333. The van der Waals surface area contributed by atoms with Crippen LogP contribution >= 0.6 is 0 Å². The van der Waals surface area contributed by atoms with Crippen LogP contribution in [-0.4, -0.2) is 43.5 Å². The van der Waals surface area contributed by atoms with Crippen molar-refractivity contribution in [2.24, 2.45) is 0 Å². The van der Waals surface area contributed by atoms with E-state index in [2.05, 4.69) is 0 Å². The number of hydrogen-bond acceptors (Lipinski definition) is 6. The van der Waals surface area contributed by atoms with Crippen molar-refractivity contribution in [3.8, 4) is 0 Å². The van der Waals surface area contributed by atoms with Gasteiger partial charge in [0.2, 0.25) is 0 Å². The van der Waals surface area contributed by atoms with Crippen molar-refractivity contribution < 1.29 is 29.3 Å². The van der Waals surface area contributed by atoms with Crippen LogP contribution in [0.15, 0.2) is 24.3 Å². The number of benzene rings is 1. The lowest BCUT2D eigenvalue weighted by Crippen LogP contribution is -2.22. The van der Waals surface area contributed by atoms with Crippen LogP contribution in [0.25, 0.3) is 0 Å². The highest BCUT2D eigenvalue weighted by atomic mass is 16.6. The summed E-state index contributed by atoms with van der Waals surface area (Å²) in [6.45, 7) is 0.376. The summed E-state index contributed by atoms with van der Waals surface area (Å²) in [7, 11) is 0. The van der Waals surface area contributed by atoms with Gasteiger partial charge in [0.15, 0.2) is 0 Å².